The van der Waals surface area contributed by atoms with E-state index in [0.29, 0.717) is 5.92 Å². The normalized spacial score (nSPS) is 17.6. The molecule has 4 rings (SSSR count). The van der Waals surface area contributed by atoms with Gasteiger partial charge < -0.3 is 4.74 Å². The minimum absolute atomic E-state index is 0.473. The number of piperidine rings is 1. The summed E-state index contributed by atoms with van der Waals surface area (Å²) in [4.78, 5) is 12.0. The smallest absolute Gasteiger partial charge is 0.138 e. The van der Waals surface area contributed by atoms with E-state index in [-0.39, 0.29) is 0 Å². The van der Waals surface area contributed by atoms with Crippen molar-refractivity contribution >= 4 is 0 Å². The molecule has 5 heteroatoms. The molecule has 0 radical (unpaired) electrons. The van der Waals surface area contributed by atoms with Crippen molar-refractivity contribution < 1.29 is 4.74 Å². The Balaban J connectivity index is 1.47. The summed E-state index contributed by atoms with van der Waals surface area (Å²) >= 11 is 0. The van der Waals surface area contributed by atoms with Gasteiger partial charge in [-0.05, 0) is 49.2 Å². The van der Waals surface area contributed by atoms with Crippen molar-refractivity contribution in [2.24, 2.45) is 0 Å². The van der Waals surface area contributed by atoms with E-state index >= 15 is 0 Å². The summed E-state index contributed by atoms with van der Waals surface area (Å²) in [6.45, 7) is 5.29. The standard InChI is InChI=1S/C23H28N4O/c1-3-22-24-13-15-27(22)23-8-4-7-21(25-23)19-6-5-14-26(17-19)16-18-9-11-20(28-2)12-10-18/h4,7-13,15,19H,3,5-6,14,16-17H2,1-2H3/t19-/m1/s1. The summed E-state index contributed by atoms with van der Waals surface area (Å²) in [5.41, 5.74) is 2.52. The highest BCUT2D eigenvalue weighted by atomic mass is 16.5. The van der Waals surface area contributed by atoms with Gasteiger partial charge in [0.25, 0.3) is 0 Å². The zero-order valence-corrected chi connectivity index (χ0v) is 16.7. The number of hydrogen-bond donors (Lipinski definition) is 0. The number of ether oxygens (including phenoxy) is 1. The molecular weight excluding hydrogens is 348 g/mol. The number of aromatic nitrogens is 3. The zero-order valence-electron chi connectivity index (χ0n) is 16.7. The van der Waals surface area contributed by atoms with E-state index in [2.05, 4.69) is 51.7 Å². The summed E-state index contributed by atoms with van der Waals surface area (Å²) in [6.07, 6.45) is 7.16. The number of hydrogen-bond acceptors (Lipinski definition) is 4. The first-order valence-electron chi connectivity index (χ1n) is 10.1. The fourth-order valence-corrected chi connectivity index (χ4v) is 4.04. The molecule has 0 bridgehead atoms. The molecule has 0 saturated carbocycles. The lowest BCUT2D eigenvalue weighted by molar-refractivity contribution is 0.198. The molecule has 0 spiro atoms. The molecule has 0 N–H and O–H groups in total. The van der Waals surface area contributed by atoms with Crippen molar-refractivity contribution in [3.63, 3.8) is 0 Å². The number of rotatable bonds is 6. The van der Waals surface area contributed by atoms with Gasteiger partial charge in [-0.1, -0.05) is 25.1 Å². The predicted molar refractivity (Wildman–Crippen MR) is 111 cm³/mol. The van der Waals surface area contributed by atoms with Crippen molar-refractivity contribution in [3.8, 4) is 11.6 Å². The summed E-state index contributed by atoms with van der Waals surface area (Å²) in [7, 11) is 1.71. The first-order valence-corrected chi connectivity index (χ1v) is 10.1. The molecule has 146 valence electrons. The van der Waals surface area contributed by atoms with Gasteiger partial charge in [0.05, 0.1) is 7.11 Å². The maximum absolute atomic E-state index is 5.26. The van der Waals surface area contributed by atoms with Gasteiger partial charge >= 0.3 is 0 Å². The number of likely N-dealkylation sites (tertiary alicyclic amines) is 1. The van der Waals surface area contributed by atoms with Crippen LogP contribution < -0.4 is 4.74 Å². The minimum Gasteiger partial charge on any atom is -0.497 e. The summed E-state index contributed by atoms with van der Waals surface area (Å²) in [5.74, 6) is 3.40. The van der Waals surface area contributed by atoms with Gasteiger partial charge in [0, 0.05) is 43.5 Å². The predicted octanol–water partition coefficient (Wildman–Crippen LogP) is 4.22. The Morgan fingerprint density at radius 1 is 1.14 bits per heavy atom. The van der Waals surface area contributed by atoms with E-state index in [0.717, 1.165) is 43.4 Å². The van der Waals surface area contributed by atoms with E-state index in [4.69, 9.17) is 9.72 Å². The van der Waals surface area contributed by atoms with Crippen molar-refractivity contribution in [2.75, 3.05) is 20.2 Å². The average molecular weight is 377 g/mol. The molecule has 1 aliphatic rings. The molecule has 1 aromatic carbocycles. The molecule has 5 nitrogen and oxygen atoms in total. The molecule has 1 saturated heterocycles. The van der Waals surface area contributed by atoms with E-state index < -0.39 is 0 Å². The number of aryl methyl sites for hydroxylation is 1. The topological polar surface area (TPSA) is 43.2 Å². The van der Waals surface area contributed by atoms with Crippen molar-refractivity contribution in [2.45, 2.75) is 38.6 Å². The lowest BCUT2D eigenvalue weighted by Gasteiger charge is -2.32. The van der Waals surface area contributed by atoms with Crippen LogP contribution in [-0.4, -0.2) is 39.6 Å². The Kier molecular flexibility index (Phi) is 5.72. The van der Waals surface area contributed by atoms with Gasteiger partial charge in [-0.3, -0.25) is 9.47 Å². The lowest BCUT2D eigenvalue weighted by Crippen LogP contribution is -2.34. The van der Waals surface area contributed by atoms with Crippen LogP contribution in [0.2, 0.25) is 0 Å². The largest absolute Gasteiger partial charge is 0.497 e. The van der Waals surface area contributed by atoms with Gasteiger partial charge in [0.15, 0.2) is 0 Å². The third-order valence-electron chi connectivity index (χ3n) is 5.53. The zero-order chi connectivity index (χ0) is 19.3. The molecular formula is C23H28N4O. The lowest BCUT2D eigenvalue weighted by atomic mass is 9.94. The first-order chi connectivity index (χ1) is 13.8. The van der Waals surface area contributed by atoms with E-state index in [1.165, 1.54) is 24.1 Å². The van der Waals surface area contributed by atoms with E-state index in [9.17, 15) is 0 Å². The molecule has 0 amide bonds. The second-order valence-corrected chi connectivity index (χ2v) is 7.41. The van der Waals surface area contributed by atoms with Gasteiger partial charge in [-0.2, -0.15) is 0 Å². The van der Waals surface area contributed by atoms with Gasteiger partial charge in [-0.15, -0.1) is 0 Å². The van der Waals surface area contributed by atoms with Gasteiger partial charge in [-0.25, -0.2) is 9.97 Å². The third kappa shape index (κ3) is 4.09. The van der Waals surface area contributed by atoms with Gasteiger partial charge in [0.1, 0.15) is 17.4 Å². The number of benzene rings is 1. The van der Waals surface area contributed by atoms with Crippen LogP contribution >= 0.6 is 0 Å². The molecule has 3 heterocycles. The third-order valence-corrected chi connectivity index (χ3v) is 5.53. The van der Waals surface area contributed by atoms with Crippen LogP contribution in [0.3, 0.4) is 0 Å². The summed E-state index contributed by atoms with van der Waals surface area (Å²) < 4.78 is 7.36. The van der Waals surface area contributed by atoms with Crippen LogP contribution in [0.25, 0.3) is 5.82 Å². The number of pyridine rings is 1. The average Bonchev–Trinajstić information content (AvgIpc) is 3.24. The quantitative estimate of drug-likeness (QED) is 0.646. The maximum Gasteiger partial charge on any atom is 0.138 e. The van der Waals surface area contributed by atoms with Crippen LogP contribution in [0.5, 0.6) is 5.75 Å². The molecule has 1 aliphatic heterocycles. The number of nitrogens with zero attached hydrogens (tertiary/aromatic N) is 4. The Hall–Kier alpha value is -2.66. The SMILES string of the molecule is CCc1nccn1-c1cccc([C@@H]2CCCN(Cc3ccc(OC)cc3)C2)n1. The Bertz CT molecular complexity index is 903. The summed E-state index contributed by atoms with van der Waals surface area (Å²) in [5, 5.41) is 0. The Morgan fingerprint density at radius 2 is 2.00 bits per heavy atom. The fourth-order valence-electron chi connectivity index (χ4n) is 4.04. The minimum atomic E-state index is 0.473. The molecule has 1 atom stereocenters. The van der Waals surface area contributed by atoms with Crippen LogP contribution in [-0.2, 0) is 13.0 Å². The van der Waals surface area contributed by atoms with E-state index in [1.807, 2.05) is 24.5 Å². The Morgan fingerprint density at radius 3 is 2.79 bits per heavy atom. The van der Waals surface area contributed by atoms with Crippen molar-refractivity contribution in [1.82, 2.24) is 19.4 Å². The molecule has 3 aromatic rings. The molecule has 1 fully saturated rings. The highest BCUT2D eigenvalue weighted by Crippen LogP contribution is 2.27. The van der Waals surface area contributed by atoms with Crippen LogP contribution in [0, 0.1) is 0 Å². The molecule has 28 heavy (non-hydrogen) atoms. The van der Waals surface area contributed by atoms with Crippen LogP contribution in [0.1, 0.15) is 42.8 Å². The highest BCUT2D eigenvalue weighted by molar-refractivity contribution is 5.29. The summed E-state index contributed by atoms with van der Waals surface area (Å²) in [6, 6.07) is 14.8. The molecule has 2 aromatic heterocycles. The van der Waals surface area contributed by atoms with Gasteiger partial charge in [0.2, 0.25) is 0 Å². The van der Waals surface area contributed by atoms with Crippen molar-refractivity contribution in [1.29, 1.82) is 0 Å². The second-order valence-electron chi connectivity index (χ2n) is 7.41. The number of imidazole rings is 1. The molecule has 0 unspecified atom stereocenters. The second kappa shape index (κ2) is 8.57. The van der Waals surface area contributed by atoms with Crippen LogP contribution in [0.15, 0.2) is 54.9 Å². The van der Waals surface area contributed by atoms with Crippen LogP contribution in [0.4, 0.5) is 0 Å². The molecule has 0 aliphatic carbocycles. The highest BCUT2D eigenvalue weighted by Gasteiger charge is 2.23. The van der Waals surface area contributed by atoms with E-state index in [1.54, 1.807) is 7.11 Å². The maximum atomic E-state index is 5.26. The fraction of sp³-hybridized carbons (Fsp3) is 0.391. The monoisotopic (exact) mass is 376 g/mol. The number of methoxy groups -OCH3 is 1. The Labute approximate surface area is 167 Å². The first kappa shape index (κ1) is 18.7. The van der Waals surface area contributed by atoms with Crippen molar-refractivity contribution in [3.05, 3.63) is 71.9 Å².